The molecule has 116 valence electrons. The van der Waals surface area contributed by atoms with E-state index in [9.17, 15) is 0 Å². The highest BCUT2D eigenvalue weighted by Crippen LogP contribution is 2.20. The van der Waals surface area contributed by atoms with Gasteiger partial charge in [0, 0.05) is 25.3 Å². The van der Waals surface area contributed by atoms with Crippen molar-refractivity contribution in [2.24, 2.45) is 0 Å². The minimum Gasteiger partial charge on any atom is -0.368 e. The zero-order chi connectivity index (χ0) is 15.5. The van der Waals surface area contributed by atoms with Gasteiger partial charge in [-0.25, -0.2) is 4.98 Å². The number of nitrogens with two attached hydrogens (primary N) is 1. The number of aryl methyl sites for hydroxylation is 2. The molecular weight excluding hydrogens is 278 g/mol. The van der Waals surface area contributed by atoms with E-state index >= 15 is 0 Å². The second-order valence-electron chi connectivity index (χ2n) is 5.59. The van der Waals surface area contributed by atoms with E-state index in [0.29, 0.717) is 18.3 Å². The van der Waals surface area contributed by atoms with E-state index in [1.54, 1.807) is 6.92 Å². The number of nitrogens with zero attached hydrogens (tertiary/aromatic N) is 5. The van der Waals surface area contributed by atoms with Gasteiger partial charge < -0.3 is 16.0 Å². The first-order valence-corrected chi connectivity index (χ1v) is 7.55. The largest absolute Gasteiger partial charge is 0.368 e. The van der Waals surface area contributed by atoms with Crippen molar-refractivity contribution >= 4 is 17.7 Å². The summed E-state index contributed by atoms with van der Waals surface area (Å²) in [6, 6.07) is 4.20. The highest BCUT2D eigenvalue weighted by atomic mass is 15.2. The van der Waals surface area contributed by atoms with Crippen LogP contribution in [0.4, 0.5) is 17.7 Å². The molecule has 3 rings (SSSR count). The SMILES string of the molecule is Cc1cc(CNc2nc(C)nc(N)n2)cc(N2CCCC2)n1. The number of rotatable bonds is 4. The van der Waals surface area contributed by atoms with E-state index in [-0.39, 0.29) is 5.95 Å². The lowest BCUT2D eigenvalue weighted by molar-refractivity contribution is 0.918. The average Bonchev–Trinajstić information content (AvgIpc) is 2.98. The number of anilines is 3. The fourth-order valence-corrected chi connectivity index (χ4v) is 2.69. The van der Waals surface area contributed by atoms with Crippen LogP contribution in [-0.4, -0.2) is 33.0 Å². The van der Waals surface area contributed by atoms with Crippen molar-refractivity contribution in [3.05, 3.63) is 29.2 Å². The molecule has 0 radical (unpaired) electrons. The van der Waals surface area contributed by atoms with Gasteiger partial charge in [0.15, 0.2) is 0 Å². The maximum Gasteiger partial charge on any atom is 0.227 e. The van der Waals surface area contributed by atoms with Crippen molar-refractivity contribution in [3.8, 4) is 0 Å². The lowest BCUT2D eigenvalue weighted by Crippen LogP contribution is -2.19. The number of hydrogen-bond donors (Lipinski definition) is 2. The molecule has 0 bridgehead atoms. The van der Waals surface area contributed by atoms with Crippen LogP contribution in [0.25, 0.3) is 0 Å². The smallest absolute Gasteiger partial charge is 0.227 e. The molecule has 0 saturated carbocycles. The molecule has 1 aliphatic heterocycles. The van der Waals surface area contributed by atoms with E-state index < -0.39 is 0 Å². The zero-order valence-electron chi connectivity index (χ0n) is 13.0. The van der Waals surface area contributed by atoms with Crippen molar-refractivity contribution in [2.45, 2.75) is 33.2 Å². The Bertz CT molecular complexity index is 645. The third-order valence-electron chi connectivity index (χ3n) is 3.64. The molecule has 1 saturated heterocycles. The van der Waals surface area contributed by atoms with Gasteiger partial charge in [-0.05, 0) is 44.4 Å². The Morgan fingerprint density at radius 2 is 1.86 bits per heavy atom. The van der Waals surface area contributed by atoms with Crippen LogP contribution in [0.1, 0.15) is 29.9 Å². The number of hydrogen-bond acceptors (Lipinski definition) is 7. The van der Waals surface area contributed by atoms with Crippen molar-refractivity contribution in [1.29, 1.82) is 0 Å². The molecule has 2 aromatic rings. The number of nitrogen functional groups attached to an aromatic ring is 1. The van der Waals surface area contributed by atoms with Crippen molar-refractivity contribution in [1.82, 2.24) is 19.9 Å². The van der Waals surface area contributed by atoms with Crippen LogP contribution in [0.3, 0.4) is 0 Å². The summed E-state index contributed by atoms with van der Waals surface area (Å²) >= 11 is 0. The zero-order valence-corrected chi connectivity index (χ0v) is 13.0. The molecule has 3 N–H and O–H groups in total. The molecule has 1 fully saturated rings. The van der Waals surface area contributed by atoms with Gasteiger partial charge in [-0.15, -0.1) is 0 Å². The Labute approximate surface area is 130 Å². The van der Waals surface area contributed by atoms with Crippen molar-refractivity contribution in [2.75, 3.05) is 29.0 Å². The summed E-state index contributed by atoms with van der Waals surface area (Å²) < 4.78 is 0. The lowest BCUT2D eigenvalue weighted by atomic mass is 10.2. The van der Waals surface area contributed by atoms with Crippen LogP contribution in [0.5, 0.6) is 0 Å². The maximum atomic E-state index is 5.64. The summed E-state index contributed by atoms with van der Waals surface area (Å²) in [6.07, 6.45) is 2.49. The quantitative estimate of drug-likeness (QED) is 0.887. The minimum atomic E-state index is 0.235. The summed E-state index contributed by atoms with van der Waals surface area (Å²) in [5.74, 6) is 2.40. The van der Waals surface area contributed by atoms with E-state index in [1.807, 2.05) is 6.92 Å². The van der Waals surface area contributed by atoms with E-state index in [1.165, 1.54) is 12.8 Å². The van der Waals surface area contributed by atoms with Crippen LogP contribution < -0.4 is 16.0 Å². The lowest BCUT2D eigenvalue weighted by Gasteiger charge is -2.18. The van der Waals surface area contributed by atoms with Gasteiger partial charge in [0.1, 0.15) is 11.6 Å². The highest BCUT2D eigenvalue weighted by molar-refractivity contribution is 5.44. The van der Waals surface area contributed by atoms with E-state index in [4.69, 9.17) is 5.73 Å². The minimum absolute atomic E-state index is 0.235. The molecule has 1 aliphatic rings. The summed E-state index contributed by atoms with van der Waals surface area (Å²) in [5.41, 5.74) is 7.82. The first-order valence-electron chi connectivity index (χ1n) is 7.55. The molecule has 3 heterocycles. The van der Waals surface area contributed by atoms with Crippen LogP contribution in [0, 0.1) is 13.8 Å². The standard InChI is InChI=1S/C15H21N7/c1-10-7-12(8-13(18-10)22-5-3-4-6-22)9-17-15-20-11(2)19-14(16)21-15/h7-8H,3-6,9H2,1-2H3,(H3,16,17,19,20,21). The molecule has 0 aliphatic carbocycles. The first-order chi connectivity index (χ1) is 10.6. The molecule has 0 amide bonds. The van der Waals surface area contributed by atoms with E-state index in [0.717, 1.165) is 30.2 Å². The molecule has 0 atom stereocenters. The molecule has 0 unspecified atom stereocenters. The van der Waals surface area contributed by atoms with Gasteiger partial charge in [-0.3, -0.25) is 0 Å². The fourth-order valence-electron chi connectivity index (χ4n) is 2.69. The van der Waals surface area contributed by atoms with Gasteiger partial charge in [0.25, 0.3) is 0 Å². The van der Waals surface area contributed by atoms with Gasteiger partial charge in [0.2, 0.25) is 11.9 Å². The van der Waals surface area contributed by atoms with E-state index in [2.05, 4.69) is 42.3 Å². The summed E-state index contributed by atoms with van der Waals surface area (Å²) in [7, 11) is 0. The van der Waals surface area contributed by atoms with Gasteiger partial charge in [-0.2, -0.15) is 15.0 Å². The molecule has 2 aromatic heterocycles. The molecule has 22 heavy (non-hydrogen) atoms. The molecule has 0 spiro atoms. The van der Waals surface area contributed by atoms with Crippen LogP contribution >= 0.6 is 0 Å². The Kier molecular flexibility index (Phi) is 4.04. The maximum absolute atomic E-state index is 5.64. The predicted molar refractivity (Wildman–Crippen MR) is 86.7 cm³/mol. The monoisotopic (exact) mass is 299 g/mol. The van der Waals surface area contributed by atoms with Gasteiger partial charge in [-0.1, -0.05) is 0 Å². The summed E-state index contributed by atoms with van der Waals surface area (Å²) in [6.45, 7) is 6.63. The topological polar surface area (TPSA) is 92.8 Å². The second kappa shape index (κ2) is 6.13. The van der Waals surface area contributed by atoms with Crippen LogP contribution in [0.2, 0.25) is 0 Å². The normalized spacial score (nSPS) is 14.4. The number of pyridine rings is 1. The third kappa shape index (κ3) is 3.41. The fraction of sp³-hybridized carbons (Fsp3) is 0.467. The summed E-state index contributed by atoms with van der Waals surface area (Å²) in [4.78, 5) is 19.3. The number of nitrogens with one attached hydrogen (secondary N) is 1. The molecule has 7 nitrogen and oxygen atoms in total. The molecule has 7 heteroatoms. The second-order valence-corrected chi connectivity index (χ2v) is 5.59. The number of aromatic nitrogens is 4. The van der Waals surface area contributed by atoms with Crippen molar-refractivity contribution < 1.29 is 0 Å². The molecular formula is C15H21N7. The first kappa shape index (κ1) is 14.5. The Morgan fingerprint density at radius 1 is 1.09 bits per heavy atom. The highest BCUT2D eigenvalue weighted by Gasteiger charge is 2.14. The van der Waals surface area contributed by atoms with Crippen LogP contribution in [0.15, 0.2) is 12.1 Å². The predicted octanol–water partition coefficient (Wildman–Crippen LogP) is 1.68. The summed E-state index contributed by atoms with van der Waals surface area (Å²) in [5, 5.41) is 3.20. The average molecular weight is 299 g/mol. The Balaban J connectivity index is 1.74. The van der Waals surface area contributed by atoms with Crippen molar-refractivity contribution in [3.63, 3.8) is 0 Å². The van der Waals surface area contributed by atoms with Gasteiger partial charge in [0.05, 0.1) is 0 Å². The van der Waals surface area contributed by atoms with Crippen LogP contribution in [-0.2, 0) is 6.54 Å². The Morgan fingerprint density at radius 3 is 2.59 bits per heavy atom. The third-order valence-corrected chi connectivity index (χ3v) is 3.64. The van der Waals surface area contributed by atoms with Gasteiger partial charge >= 0.3 is 0 Å². The Hall–Kier alpha value is -2.44. The molecule has 0 aromatic carbocycles.